The Morgan fingerprint density at radius 2 is 1.83 bits per heavy atom. The molecule has 4 amide bonds. The second-order valence-electron chi connectivity index (χ2n) is 10.1. The van der Waals surface area contributed by atoms with Gasteiger partial charge in [-0.05, 0) is 18.1 Å². The minimum Gasteiger partial charge on any atom is -0.348 e. The zero-order valence-corrected chi connectivity index (χ0v) is 22.6. The number of rotatable bonds is 3. The lowest BCUT2D eigenvalue weighted by atomic mass is 10.0. The minimum absolute atomic E-state index is 0.0512. The Bertz CT molecular complexity index is 1500. The molecule has 2 aliphatic heterocycles. The highest BCUT2D eigenvalue weighted by molar-refractivity contribution is 5.95. The van der Waals surface area contributed by atoms with Crippen LogP contribution < -0.4 is 16.2 Å². The number of aromatic nitrogens is 5. The molecular weight excluding hydrogens is 530 g/mol. The fourth-order valence-corrected chi connectivity index (χ4v) is 4.98. The minimum atomic E-state index is -1.04. The maximum absolute atomic E-state index is 14.0. The Hall–Kier alpha value is -4.88. The van der Waals surface area contributed by atoms with Gasteiger partial charge in [-0.3, -0.25) is 28.7 Å². The Balaban J connectivity index is 1.44. The van der Waals surface area contributed by atoms with Gasteiger partial charge in [0, 0.05) is 45.6 Å². The van der Waals surface area contributed by atoms with Crippen LogP contribution in [0.15, 0.2) is 53.5 Å². The number of aryl methyl sites for hydroxylation is 2. The SMILES string of the molecule is Cn1nc(C(=O)N2CCN3C(=O)[C@H](Cc4ccccc4)NC(=O)CCCn4cc(nn4)CNC(=O)[C@H]3C2)ccc1=O. The van der Waals surface area contributed by atoms with Gasteiger partial charge in [-0.1, -0.05) is 35.5 Å². The summed E-state index contributed by atoms with van der Waals surface area (Å²) in [6, 6.07) is 9.97. The summed E-state index contributed by atoms with van der Waals surface area (Å²) >= 11 is 0. The molecule has 14 heteroatoms. The average Bonchev–Trinajstić information content (AvgIpc) is 3.43. The van der Waals surface area contributed by atoms with E-state index in [0.717, 1.165) is 10.2 Å². The fourth-order valence-electron chi connectivity index (χ4n) is 4.98. The Kier molecular flexibility index (Phi) is 8.17. The third-order valence-corrected chi connectivity index (χ3v) is 7.17. The third kappa shape index (κ3) is 6.48. The smallest absolute Gasteiger partial charge is 0.274 e. The zero-order chi connectivity index (χ0) is 28.9. The summed E-state index contributed by atoms with van der Waals surface area (Å²) in [5.41, 5.74) is 1.07. The van der Waals surface area contributed by atoms with E-state index in [1.165, 1.54) is 29.0 Å². The molecule has 214 valence electrons. The van der Waals surface area contributed by atoms with Crippen molar-refractivity contribution in [3.8, 4) is 0 Å². The van der Waals surface area contributed by atoms with E-state index in [1.807, 2.05) is 30.3 Å². The number of carbonyl (C=O) groups is 4. The number of hydrogen-bond acceptors (Lipinski definition) is 8. The average molecular weight is 562 g/mol. The lowest BCUT2D eigenvalue weighted by molar-refractivity contribution is -0.146. The highest BCUT2D eigenvalue weighted by Gasteiger charge is 2.40. The lowest BCUT2D eigenvalue weighted by Gasteiger charge is -2.41. The third-order valence-electron chi connectivity index (χ3n) is 7.17. The number of carbonyl (C=O) groups excluding carboxylic acids is 4. The molecule has 0 unspecified atom stereocenters. The Morgan fingerprint density at radius 1 is 1.02 bits per heavy atom. The van der Waals surface area contributed by atoms with Crippen molar-refractivity contribution < 1.29 is 19.2 Å². The topological polar surface area (TPSA) is 164 Å². The summed E-state index contributed by atoms with van der Waals surface area (Å²) in [5.74, 6) is -1.63. The zero-order valence-electron chi connectivity index (χ0n) is 22.6. The highest BCUT2D eigenvalue weighted by Crippen LogP contribution is 2.17. The summed E-state index contributed by atoms with van der Waals surface area (Å²) < 4.78 is 2.67. The van der Waals surface area contributed by atoms with Crippen molar-refractivity contribution in [2.45, 2.75) is 44.4 Å². The van der Waals surface area contributed by atoms with Crippen LogP contribution in [0.3, 0.4) is 0 Å². The largest absolute Gasteiger partial charge is 0.348 e. The van der Waals surface area contributed by atoms with Gasteiger partial charge in [-0.25, -0.2) is 4.68 Å². The van der Waals surface area contributed by atoms with Crippen LogP contribution in [0.5, 0.6) is 0 Å². The molecule has 3 aromatic rings. The van der Waals surface area contributed by atoms with E-state index < -0.39 is 29.8 Å². The Morgan fingerprint density at radius 3 is 2.61 bits per heavy atom. The van der Waals surface area contributed by atoms with Crippen molar-refractivity contribution in [3.05, 3.63) is 76.0 Å². The van der Waals surface area contributed by atoms with Gasteiger partial charge in [-0.15, -0.1) is 5.10 Å². The van der Waals surface area contributed by atoms with E-state index >= 15 is 0 Å². The molecule has 0 radical (unpaired) electrons. The summed E-state index contributed by atoms with van der Waals surface area (Å²) in [4.78, 5) is 68.4. The van der Waals surface area contributed by atoms with Crippen LogP contribution in [-0.2, 0) is 40.9 Å². The van der Waals surface area contributed by atoms with Crippen molar-refractivity contribution in [2.24, 2.45) is 7.05 Å². The number of nitrogens with zero attached hydrogens (tertiary/aromatic N) is 7. The van der Waals surface area contributed by atoms with Gasteiger partial charge in [0.2, 0.25) is 17.7 Å². The first-order valence-corrected chi connectivity index (χ1v) is 13.4. The first kappa shape index (κ1) is 27.7. The predicted octanol–water partition coefficient (Wildman–Crippen LogP) is -1.14. The van der Waals surface area contributed by atoms with Gasteiger partial charge in [0.1, 0.15) is 23.5 Å². The van der Waals surface area contributed by atoms with Crippen LogP contribution in [0.1, 0.15) is 34.6 Å². The van der Waals surface area contributed by atoms with Gasteiger partial charge in [0.25, 0.3) is 11.5 Å². The van der Waals surface area contributed by atoms with Crippen LogP contribution in [-0.4, -0.2) is 89.9 Å². The molecule has 14 nitrogen and oxygen atoms in total. The molecule has 1 fully saturated rings. The molecular formula is C27H31N9O5. The summed E-state index contributed by atoms with van der Waals surface area (Å²) in [7, 11) is 1.44. The number of amides is 4. The number of nitrogens with one attached hydrogen (secondary N) is 2. The molecule has 2 aromatic heterocycles. The van der Waals surface area contributed by atoms with Crippen molar-refractivity contribution in [2.75, 3.05) is 19.6 Å². The van der Waals surface area contributed by atoms with Crippen molar-refractivity contribution >= 4 is 23.6 Å². The van der Waals surface area contributed by atoms with E-state index in [0.29, 0.717) is 18.7 Å². The van der Waals surface area contributed by atoms with Gasteiger partial charge in [-0.2, -0.15) is 5.10 Å². The first-order chi connectivity index (χ1) is 19.8. The van der Waals surface area contributed by atoms with E-state index in [1.54, 1.807) is 10.9 Å². The molecule has 2 aliphatic rings. The van der Waals surface area contributed by atoms with E-state index in [2.05, 4.69) is 26.0 Å². The standard InChI is InChI=1S/C27H31N9O5/c1-33-24(38)10-9-20(31-33)26(40)34-12-13-36-22(17-34)25(39)28-15-19-16-35(32-30-19)11-5-8-23(37)29-21(27(36)41)14-18-6-3-2-4-7-18/h2-4,6-7,9-10,16,21-22H,5,8,11-15,17H2,1H3,(H,28,39)(H,29,37)/t21-,22+/m0/s1. The summed E-state index contributed by atoms with van der Waals surface area (Å²) in [6.07, 6.45) is 2.62. The van der Waals surface area contributed by atoms with Crippen LogP contribution >= 0.6 is 0 Å². The number of hydrogen-bond donors (Lipinski definition) is 2. The molecule has 0 spiro atoms. The van der Waals surface area contributed by atoms with Crippen molar-refractivity contribution in [1.29, 1.82) is 0 Å². The molecule has 1 saturated heterocycles. The van der Waals surface area contributed by atoms with Crippen LogP contribution in [0.25, 0.3) is 0 Å². The predicted molar refractivity (Wildman–Crippen MR) is 144 cm³/mol. The molecule has 5 rings (SSSR count). The maximum Gasteiger partial charge on any atom is 0.274 e. The summed E-state index contributed by atoms with van der Waals surface area (Å²) in [6.45, 7) is 0.638. The molecule has 41 heavy (non-hydrogen) atoms. The van der Waals surface area contributed by atoms with Crippen LogP contribution in [0.2, 0.25) is 0 Å². The normalized spacial score (nSPS) is 20.4. The van der Waals surface area contributed by atoms with E-state index in [4.69, 9.17) is 0 Å². The molecule has 0 aliphatic carbocycles. The summed E-state index contributed by atoms with van der Waals surface area (Å²) in [5, 5.41) is 17.9. The number of fused-ring (bicyclic) bond motifs is 3. The number of piperazine rings is 1. The number of benzene rings is 1. The molecule has 2 bridgehead atoms. The van der Waals surface area contributed by atoms with Crippen LogP contribution in [0.4, 0.5) is 0 Å². The van der Waals surface area contributed by atoms with Gasteiger partial charge < -0.3 is 20.4 Å². The molecule has 2 N–H and O–H groups in total. The highest BCUT2D eigenvalue weighted by atomic mass is 16.2. The van der Waals surface area contributed by atoms with Crippen molar-refractivity contribution in [3.63, 3.8) is 0 Å². The second-order valence-corrected chi connectivity index (χ2v) is 10.1. The quantitative estimate of drug-likeness (QED) is 0.405. The van der Waals surface area contributed by atoms with Gasteiger partial charge in [0.15, 0.2) is 0 Å². The van der Waals surface area contributed by atoms with Crippen molar-refractivity contribution in [1.82, 2.24) is 45.2 Å². The second kappa shape index (κ2) is 12.1. The van der Waals surface area contributed by atoms with Gasteiger partial charge in [0.05, 0.1) is 19.3 Å². The monoisotopic (exact) mass is 561 g/mol. The Labute approximate surface area is 235 Å². The maximum atomic E-state index is 14.0. The van der Waals surface area contributed by atoms with Crippen LogP contribution in [0, 0.1) is 0 Å². The molecule has 4 heterocycles. The van der Waals surface area contributed by atoms with E-state index in [-0.39, 0.29) is 56.2 Å². The lowest BCUT2D eigenvalue weighted by Crippen LogP contribution is -2.64. The molecule has 0 saturated carbocycles. The molecule has 2 atom stereocenters. The van der Waals surface area contributed by atoms with E-state index in [9.17, 15) is 24.0 Å². The first-order valence-electron chi connectivity index (χ1n) is 13.4. The van der Waals surface area contributed by atoms with Gasteiger partial charge >= 0.3 is 0 Å². The fraction of sp³-hybridized carbons (Fsp3) is 0.407. The molecule has 1 aromatic carbocycles.